The number of benzene rings is 1. The first kappa shape index (κ1) is 9.65. The number of nitrogens with two attached hydrogens (primary N) is 1. The number of hydrogen-bond donors (Lipinski definition) is 1. The molecule has 0 radical (unpaired) electrons. The Morgan fingerprint density at radius 2 is 1.67 bits per heavy atom. The van der Waals surface area contributed by atoms with Gasteiger partial charge in [-0.3, -0.25) is 0 Å². The molecule has 2 nitrogen and oxygen atoms in total. The fourth-order valence-electron chi connectivity index (χ4n) is 1.38. The molecule has 0 aliphatic rings. The van der Waals surface area contributed by atoms with Crippen LogP contribution in [-0.2, 0) is 6.42 Å². The summed E-state index contributed by atoms with van der Waals surface area (Å²) in [6.45, 7) is 0. The van der Waals surface area contributed by atoms with Crippen molar-refractivity contribution in [3.8, 4) is 0 Å². The predicted octanol–water partition coefficient (Wildman–Crippen LogP) is 2.39. The summed E-state index contributed by atoms with van der Waals surface area (Å²) in [5, 5.41) is 0. The third-order valence-electron chi connectivity index (χ3n) is 2.17. The van der Waals surface area contributed by atoms with Crippen molar-refractivity contribution in [2.75, 3.05) is 5.73 Å². The number of nitrogen functional groups attached to an aromatic ring is 1. The summed E-state index contributed by atoms with van der Waals surface area (Å²) < 4.78 is 12.6. The van der Waals surface area contributed by atoms with E-state index in [1.54, 1.807) is 24.4 Å². The van der Waals surface area contributed by atoms with E-state index in [0.717, 1.165) is 17.5 Å². The molecule has 1 aromatic carbocycles. The number of nitrogens with zero attached hydrogens (tertiary/aromatic N) is 1. The van der Waals surface area contributed by atoms with Gasteiger partial charge >= 0.3 is 0 Å². The monoisotopic (exact) mass is 202 g/mol. The van der Waals surface area contributed by atoms with Crippen LogP contribution in [0.4, 0.5) is 10.2 Å². The highest BCUT2D eigenvalue weighted by atomic mass is 19.1. The van der Waals surface area contributed by atoms with Crippen molar-refractivity contribution < 1.29 is 4.39 Å². The predicted molar refractivity (Wildman–Crippen MR) is 57.9 cm³/mol. The number of rotatable bonds is 2. The number of anilines is 1. The van der Waals surface area contributed by atoms with Gasteiger partial charge in [0.1, 0.15) is 11.6 Å². The highest BCUT2D eigenvalue weighted by molar-refractivity contribution is 5.32. The molecule has 1 heterocycles. The summed E-state index contributed by atoms with van der Waals surface area (Å²) in [6, 6.07) is 10.1. The van der Waals surface area contributed by atoms with Gasteiger partial charge in [-0.15, -0.1) is 0 Å². The average molecular weight is 202 g/mol. The Hall–Kier alpha value is -1.90. The van der Waals surface area contributed by atoms with Crippen molar-refractivity contribution >= 4 is 5.82 Å². The molecule has 0 aliphatic carbocycles. The third kappa shape index (κ3) is 2.53. The van der Waals surface area contributed by atoms with E-state index in [1.165, 1.54) is 12.1 Å². The minimum Gasteiger partial charge on any atom is -0.384 e. The lowest BCUT2D eigenvalue weighted by molar-refractivity contribution is 0.627. The van der Waals surface area contributed by atoms with Crippen molar-refractivity contribution in [2.45, 2.75) is 6.42 Å². The first-order valence-electron chi connectivity index (χ1n) is 4.69. The number of halogens is 1. The molecule has 15 heavy (non-hydrogen) atoms. The fourth-order valence-corrected chi connectivity index (χ4v) is 1.38. The van der Waals surface area contributed by atoms with Gasteiger partial charge in [0.2, 0.25) is 0 Å². The molecular formula is C12H11FN2. The minimum absolute atomic E-state index is 0.214. The second-order valence-electron chi connectivity index (χ2n) is 3.39. The van der Waals surface area contributed by atoms with E-state index in [4.69, 9.17) is 5.73 Å². The molecule has 2 rings (SSSR count). The lowest BCUT2D eigenvalue weighted by Gasteiger charge is -2.01. The minimum atomic E-state index is -0.214. The van der Waals surface area contributed by atoms with Crippen LogP contribution in [0.1, 0.15) is 11.1 Å². The maximum Gasteiger partial charge on any atom is 0.123 e. The highest BCUT2D eigenvalue weighted by Gasteiger charge is 1.97. The van der Waals surface area contributed by atoms with Crippen LogP contribution in [0.3, 0.4) is 0 Å². The van der Waals surface area contributed by atoms with Gasteiger partial charge in [0.15, 0.2) is 0 Å². The van der Waals surface area contributed by atoms with Gasteiger partial charge in [-0.05, 0) is 35.7 Å². The third-order valence-corrected chi connectivity index (χ3v) is 2.17. The molecule has 76 valence electrons. The van der Waals surface area contributed by atoms with E-state index < -0.39 is 0 Å². The molecule has 3 heteroatoms. The van der Waals surface area contributed by atoms with E-state index in [2.05, 4.69) is 4.98 Å². The van der Waals surface area contributed by atoms with Crippen LogP contribution in [0.15, 0.2) is 42.6 Å². The second-order valence-corrected chi connectivity index (χ2v) is 3.39. The largest absolute Gasteiger partial charge is 0.384 e. The standard InChI is InChI=1S/C12H11FN2/c13-11-4-1-9(2-5-11)7-10-3-6-12(14)15-8-10/h1-6,8H,7H2,(H2,14,15). The zero-order valence-electron chi connectivity index (χ0n) is 8.15. The summed E-state index contributed by atoms with van der Waals surface area (Å²) in [6.07, 6.45) is 2.48. The smallest absolute Gasteiger partial charge is 0.123 e. The van der Waals surface area contributed by atoms with E-state index in [9.17, 15) is 4.39 Å². The van der Waals surface area contributed by atoms with E-state index in [0.29, 0.717) is 5.82 Å². The van der Waals surface area contributed by atoms with E-state index in [-0.39, 0.29) is 5.82 Å². The first-order chi connectivity index (χ1) is 7.24. The topological polar surface area (TPSA) is 38.9 Å². The van der Waals surface area contributed by atoms with E-state index in [1.807, 2.05) is 6.07 Å². The summed E-state index contributed by atoms with van der Waals surface area (Å²) in [5.74, 6) is 0.298. The van der Waals surface area contributed by atoms with Crippen LogP contribution in [0.25, 0.3) is 0 Å². The molecule has 0 saturated heterocycles. The van der Waals surface area contributed by atoms with Crippen molar-refractivity contribution in [3.05, 3.63) is 59.5 Å². The Labute approximate surface area is 87.6 Å². The molecule has 0 saturated carbocycles. The average Bonchev–Trinajstić information content (AvgIpc) is 2.25. The Morgan fingerprint density at radius 3 is 2.27 bits per heavy atom. The molecule has 2 N–H and O–H groups in total. The van der Waals surface area contributed by atoms with Crippen LogP contribution >= 0.6 is 0 Å². The molecule has 0 aliphatic heterocycles. The maximum atomic E-state index is 12.6. The number of aromatic nitrogens is 1. The molecule has 2 aromatic rings. The molecule has 0 atom stereocenters. The summed E-state index contributed by atoms with van der Waals surface area (Å²) in [4.78, 5) is 4.00. The zero-order valence-corrected chi connectivity index (χ0v) is 8.15. The number of hydrogen-bond acceptors (Lipinski definition) is 2. The normalized spacial score (nSPS) is 10.2. The van der Waals surface area contributed by atoms with Gasteiger partial charge in [0.25, 0.3) is 0 Å². The molecule has 0 fully saturated rings. The van der Waals surface area contributed by atoms with Gasteiger partial charge in [-0.2, -0.15) is 0 Å². The molecule has 0 amide bonds. The van der Waals surface area contributed by atoms with Crippen molar-refractivity contribution in [2.24, 2.45) is 0 Å². The Kier molecular flexibility index (Phi) is 2.63. The van der Waals surface area contributed by atoms with Gasteiger partial charge < -0.3 is 5.73 Å². The molecule has 1 aromatic heterocycles. The van der Waals surface area contributed by atoms with Crippen LogP contribution in [0.2, 0.25) is 0 Å². The molecule has 0 bridgehead atoms. The van der Waals surface area contributed by atoms with Gasteiger partial charge in [-0.25, -0.2) is 9.37 Å². The van der Waals surface area contributed by atoms with Crippen LogP contribution < -0.4 is 5.73 Å². The zero-order chi connectivity index (χ0) is 10.7. The van der Waals surface area contributed by atoms with Crippen molar-refractivity contribution in [3.63, 3.8) is 0 Å². The number of pyridine rings is 1. The van der Waals surface area contributed by atoms with Gasteiger partial charge in [0.05, 0.1) is 0 Å². The van der Waals surface area contributed by atoms with Crippen LogP contribution in [-0.4, -0.2) is 4.98 Å². The highest BCUT2D eigenvalue weighted by Crippen LogP contribution is 2.10. The van der Waals surface area contributed by atoms with Crippen molar-refractivity contribution in [1.29, 1.82) is 0 Å². The van der Waals surface area contributed by atoms with E-state index >= 15 is 0 Å². The van der Waals surface area contributed by atoms with Crippen molar-refractivity contribution in [1.82, 2.24) is 4.98 Å². The van der Waals surface area contributed by atoms with Gasteiger partial charge in [0, 0.05) is 6.20 Å². The molecule has 0 spiro atoms. The Bertz CT molecular complexity index is 391. The summed E-state index contributed by atoms with van der Waals surface area (Å²) in [5.41, 5.74) is 7.60. The lowest BCUT2D eigenvalue weighted by atomic mass is 10.1. The van der Waals surface area contributed by atoms with Crippen LogP contribution in [0.5, 0.6) is 0 Å². The Balaban J connectivity index is 2.15. The SMILES string of the molecule is Nc1ccc(Cc2ccc(F)cc2)cn1. The quantitative estimate of drug-likeness (QED) is 0.812. The lowest BCUT2D eigenvalue weighted by Crippen LogP contribution is -1.93. The fraction of sp³-hybridized carbons (Fsp3) is 0.0833. The first-order valence-corrected chi connectivity index (χ1v) is 4.69. The van der Waals surface area contributed by atoms with Crippen LogP contribution in [0, 0.1) is 5.82 Å². The maximum absolute atomic E-state index is 12.6. The summed E-state index contributed by atoms with van der Waals surface area (Å²) in [7, 11) is 0. The summed E-state index contributed by atoms with van der Waals surface area (Å²) >= 11 is 0. The molecule has 0 unspecified atom stereocenters. The second kappa shape index (κ2) is 4.09. The van der Waals surface area contributed by atoms with Gasteiger partial charge in [-0.1, -0.05) is 18.2 Å². The Morgan fingerprint density at radius 1 is 1.00 bits per heavy atom. The molecular weight excluding hydrogens is 191 g/mol.